The summed E-state index contributed by atoms with van der Waals surface area (Å²) < 4.78 is 6.10. The third-order valence-corrected chi connectivity index (χ3v) is 4.12. The van der Waals surface area contributed by atoms with Gasteiger partial charge in [0.15, 0.2) is 0 Å². The van der Waals surface area contributed by atoms with E-state index in [1.165, 1.54) is 0 Å². The Morgan fingerprint density at radius 2 is 2.05 bits per heavy atom. The molecule has 0 radical (unpaired) electrons. The number of rotatable bonds is 5. The number of para-hydroxylation sites is 1. The number of amides is 1. The summed E-state index contributed by atoms with van der Waals surface area (Å²) in [5.74, 6) is -0.184. The van der Waals surface area contributed by atoms with E-state index in [9.17, 15) is 4.79 Å². The van der Waals surface area contributed by atoms with Crippen LogP contribution < -0.4 is 5.32 Å². The zero-order valence-electron chi connectivity index (χ0n) is 11.5. The van der Waals surface area contributed by atoms with Crippen molar-refractivity contribution >= 4 is 39.1 Å². The molecule has 0 aliphatic carbocycles. The van der Waals surface area contributed by atoms with Gasteiger partial charge in [0, 0.05) is 27.9 Å². The van der Waals surface area contributed by atoms with Crippen LogP contribution in [0.25, 0.3) is 0 Å². The zero-order chi connectivity index (χ0) is 15.2. The highest BCUT2D eigenvalue weighted by Gasteiger charge is 2.10. The van der Waals surface area contributed by atoms with E-state index in [1.807, 2.05) is 31.2 Å². The molecule has 0 saturated carbocycles. The van der Waals surface area contributed by atoms with Gasteiger partial charge < -0.3 is 10.1 Å². The van der Waals surface area contributed by atoms with E-state index in [-0.39, 0.29) is 5.91 Å². The molecule has 2 aromatic carbocycles. The molecule has 3 nitrogen and oxygen atoms in total. The molecule has 0 aliphatic rings. The van der Waals surface area contributed by atoms with Gasteiger partial charge in [-0.25, -0.2) is 0 Å². The van der Waals surface area contributed by atoms with Crippen molar-refractivity contribution in [3.05, 3.63) is 63.1 Å². The fourth-order valence-electron chi connectivity index (χ4n) is 1.81. The maximum atomic E-state index is 12.3. The molecular formula is C16H15BrClNO2. The first-order chi connectivity index (χ1) is 10.1. The number of carbonyl (C=O) groups excluding carboxylic acids is 1. The topological polar surface area (TPSA) is 38.3 Å². The summed E-state index contributed by atoms with van der Waals surface area (Å²) >= 11 is 9.25. The number of hydrogen-bond acceptors (Lipinski definition) is 2. The molecule has 0 fully saturated rings. The summed E-state index contributed by atoms with van der Waals surface area (Å²) in [4.78, 5) is 12.3. The van der Waals surface area contributed by atoms with Crippen LogP contribution in [0.2, 0.25) is 5.02 Å². The van der Waals surface area contributed by atoms with E-state index in [2.05, 4.69) is 21.2 Å². The van der Waals surface area contributed by atoms with Crippen LogP contribution in [0.4, 0.5) is 5.69 Å². The molecule has 1 N–H and O–H groups in total. The van der Waals surface area contributed by atoms with Gasteiger partial charge in [0.25, 0.3) is 5.91 Å². The van der Waals surface area contributed by atoms with Gasteiger partial charge in [-0.3, -0.25) is 4.79 Å². The van der Waals surface area contributed by atoms with Crippen LogP contribution >= 0.6 is 27.5 Å². The fraction of sp³-hybridized carbons (Fsp3) is 0.188. The maximum absolute atomic E-state index is 12.3. The maximum Gasteiger partial charge on any atom is 0.255 e. The van der Waals surface area contributed by atoms with Crippen LogP contribution in [-0.4, -0.2) is 12.5 Å². The Kier molecular flexibility index (Phi) is 5.79. The largest absolute Gasteiger partial charge is 0.377 e. The van der Waals surface area contributed by atoms with Crippen LogP contribution in [-0.2, 0) is 11.3 Å². The highest BCUT2D eigenvalue weighted by atomic mass is 79.9. The second kappa shape index (κ2) is 7.59. The molecule has 0 spiro atoms. The third-order valence-electron chi connectivity index (χ3n) is 2.91. The van der Waals surface area contributed by atoms with Crippen molar-refractivity contribution in [3.63, 3.8) is 0 Å². The van der Waals surface area contributed by atoms with Gasteiger partial charge in [0.2, 0.25) is 0 Å². The predicted octanol–water partition coefficient (Wildman–Crippen LogP) is 4.89. The number of carbonyl (C=O) groups is 1. The van der Waals surface area contributed by atoms with Crippen molar-refractivity contribution in [1.29, 1.82) is 0 Å². The minimum Gasteiger partial charge on any atom is -0.377 e. The average Bonchev–Trinajstić information content (AvgIpc) is 2.49. The molecular weight excluding hydrogens is 354 g/mol. The highest BCUT2D eigenvalue weighted by molar-refractivity contribution is 9.10. The quantitative estimate of drug-likeness (QED) is 0.816. The summed E-state index contributed by atoms with van der Waals surface area (Å²) in [6, 6.07) is 12.7. The van der Waals surface area contributed by atoms with Crippen molar-refractivity contribution in [2.75, 3.05) is 11.9 Å². The van der Waals surface area contributed by atoms with Gasteiger partial charge >= 0.3 is 0 Å². The molecule has 0 unspecified atom stereocenters. The summed E-state index contributed by atoms with van der Waals surface area (Å²) in [5.41, 5.74) is 2.24. The van der Waals surface area contributed by atoms with E-state index >= 15 is 0 Å². The van der Waals surface area contributed by atoms with E-state index in [0.29, 0.717) is 28.3 Å². The minimum absolute atomic E-state index is 0.184. The van der Waals surface area contributed by atoms with E-state index < -0.39 is 0 Å². The Bertz CT molecular complexity index is 646. The van der Waals surface area contributed by atoms with E-state index in [0.717, 1.165) is 11.3 Å². The predicted molar refractivity (Wildman–Crippen MR) is 88.9 cm³/mol. The van der Waals surface area contributed by atoms with Crippen LogP contribution in [0.15, 0.2) is 46.9 Å². The normalized spacial score (nSPS) is 10.4. The Balaban J connectivity index is 2.17. The SMILES string of the molecule is CCOCc1ccccc1NC(=O)c1ccc(Cl)c(Br)c1. The molecule has 0 atom stereocenters. The Morgan fingerprint density at radius 3 is 2.76 bits per heavy atom. The lowest BCUT2D eigenvalue weighted by atomic mass is 10.1. The Labute approximate surface area is 137 Å². The molecule has 1 amide bonds. The van der Waals surface area contributed by atoms with Crippen molar-refractivity contribution < 1.29 is 9.53 Å². The van der Waals surface area contributed by atoms with Gasteiger partial charge in [0.05, 0.1) is 11.6 Å². The van der Waals surface area contributed by atoms with Crippen molar-refractivity contribution in [2.24, 2.45) is 0 Å². The van der Waals surface area contributed by atoms with E-state index in [1.54, 1.807) is 18.2 Å². The molecule has 0 heterocycles. The lowest BCUT2D eigenvalue weighted by Gasteiger charge is -2.11. The summed E-state index contributed by atoms with van der Waals surface area (Å²) in [6.45, 7) is 3.04. The standard InChI is InChI=1S/C16H15BrClNO2/c1-2-21-10-12-5-3-4-6-15(12)19-16(20)11-7-8-14(18)13(17)9-11/h3-9H,2,10H2,1H3,(H,19,20). The Morgan fingerprint density at radius 1 is 1.29 bits per heavy atom. The van der Waals surface area contributed by atoms with Gasteiger partial charge in [-0.15, -0.1) is 0 Å². The number of ether oxygens (including phenoxy) is 1. The van der Waals surface area contributed by atoms with Crippen LogP contribution in [0, 0.1) is 0 Å². The molecule has 21 heavy (non-hydrogen) atoms. The van der Waals surface area contributed by atoms with Gasteiger partial charge in [0.1, 0.15) is 0 Å². The lowest BCUT2D eigenvalue weighted by Crippen LogP contribution is -2.13. The number of hydrogen-bond donors (Lipinski definition) is 1. The number of halogens is 2. The second-order valence-corrected chi connectivity index (χ2v) is 5.64. The van der Waals surface area contributed by atoms with Crippen LogP contribution in [0.1, 0.15) is 22.8 Å². The van der Waals surface area contributed by atoms with Crippen molar-refractivity contribution in [1.82, 2.24) is 0 Å². The molecule has 0 aromatic heterocycles. The van der Waals surface area contributed by atoms with Gasteiger partial charge in [-0.05, 0) is 47.1 Å². The number of nitrogens with one attached hydrogen (secondary N) is 1. The third kappa shape index (κ3) is 4.30. The number of benzene rings is 2. The van der Waals surface area contributed by atoms with Crippen LogP contribution in [0.3, 0.4) is 0 Å². The molecule has 2 aromatic rings. The summed E-state index contributed by atoms with van der Waals surface area (Å²) in [5, 5.41) is 3.47. The molecule has 0 bridgehead atoms. The zero-order valence-corrected chi connectivity index (χ0v) is 13.9. The fourth-order valence-corrected chi connectivity index (χ4v) is 2.31. The lowest BCUT2D eigenvalue weighted by molar-refractivity contribution is 0.102. The first-order valence-corrected chi connectivity index (χ1v) is 7.71. The van der Waals surface area contributed by atoms with E-state index in [4.69, 9.17) is 16.3 Å². The Hall–Kier alpha value is -1.36. The minimum atomic E-state index is -0.184. The number of anilines is 1. The van der Waals surface area contributed by atoms with Gasteiger partial charge in [-0.1, -0.05) is 29.8 Å². The van der Waals surface area contributed by atoms with Crippen LogP contribution in [0.5, 0.6) is 0 Å². The summed E-state index contributed by atoms with van der Waals surface area (Å²) in [7, 11) is 0. The van der Waals surface area contributed by atoms with Crippen molar-refractivity contribution in [3.8, 4) is 0 Å². The molecule has 0 aliphatic heterocycles. The van der Waals surface area contributed by atoms with Gasteiger partial charge in [-0.2, -0.15) is 0 Å². The van der Waals surface area contributed by atoms with Crippen molar-refractivity contribution in [2.45, 2.75) is 13.5 Å². The molecule has 110 valence electrons. The molecule has 5 heteroatoms. The second-order valence-electron chi connectivity index (χ2n) is 4.38. The smallest absolute Gasteiger partial charge is 0.255 e. The average molecular weight is 369 g/mol. The molecule has 0 saturated heterocycles. The first-order valence-electron chi connectivity index (χ1n) is 6.54. The molecule has 2 rings (SSSR count). The first kappa shape index (κ1) is 16.0. The monoisotopic (exact) mass is 367 g/mol. The highest BCUT2D eigenvalue weighted by Crippen LogP contribution is 2.24. The summed E-state index contributed by atoms with van der Waals surface area (Å²) in [6.07, 6.45) is 0.